The first-order valence-corrected chi connectivity index (χ1v) is 7.63. The normalized spacial score (nSPS) is 13.1. The summed E-state index contributed by atoms with van der Waals surface area (Å²) in [5, 5.41) is 9.69. The highest BCUT2D eigenvalue weighted by atomic mass is 16.4. The molecular formula is C19H21NO3. The minimum Gasteiger partial charge on any atom is -0.481 e. The zero-order valence-corrected chi connectivity index (χ0v) is 13.4. The molecule has 0 aliphatic rings. The maximum Gasteiger partial charge on any atom is 0.314 e. The van der Waals surface area contributed by atoms with Crippen LogP contribution in [-0.4, -0.2) is 23.5 Å². The molecule has 2 aromatic rings. The number of anilines is 1. The molecule has 2 rings (SSSR count). The van der Waals surface area contributed by atoms with Crippen LogP contribution in [0.2, 0.25) is 0 Å². The number of rotatable bonds is 6. The second-order valence-corrected chi connectivity index (χ2v) is 5.65. The molecule has 23 heavy (non-hydrogen) atoms. The number of hydrogen-bond donors (Lipinski definition) is 1. The van der Waals surface area contributed by atoms with Gasteiger partial charge in [0.25, 0.3) is 0 Å². The molecule has 0 aromatic heterocycles. The molecule has 120 valence electrons. The lowest BCUT2D eigenvalue weighted by Crippen LogP contribution is -2.41. The molecule has 4 heteroatoms. The molecule has 0 fully saturated rings. The number of carbonyl (C=O) groups excluding carboxylic acids is 1. The lowest BCUT2D eigenvalue weighted by atomic mass is 9.79. The molecule has 0 aliphatic heterocycles. The van der Waals surface area contributed by atoms with Gasteiger partial charge in [-0.05, 0) is 31.5 Å². The average molecular weight is 311 g/mol. The Balaban J connectivity index is 2.30. The molecule has 1 atom stereocenters. The molecule has 0 bridgehead atoms. The summed E-state index contributed by atoms with van der Waals surface area (Å²) in [5.74, 6) is -1.20. The van der Waals surface area contributed by atoms with Crippen molar-refractivity contribution in [3.63, 3.8) is 0 Å². The summed E-state index contributed by atoms with van der Waals surface area (Å²) in [5.41, 5.74) is 0.159. The fourth-order valence-electron chi connectivity index (χ4n) is 2.62. The van der Waals surface area contributed by atoms with Gasteiger partial charge in [-0.3, -0.25) is 9.59 Å². The van der Waals surface area contributed by atoms with Crippen molar-refractivity contribution in [1.82, 2.24) is 0 Å². The molecule has 1 unspecified atom stereocenters. The van der Waals surface area contributed by atoms with Gasteiger partial charge in [0.15, 0.2) is 0 Å². The highest BCUT2D eigenvalue weighted by Crippen LogP contribution is 2.29. The zero-order chi connectivity index (χ0) is 16.9. The van der Waals surface area contributed by atoms with E-state index in [9.17, 15) is 14.7 Å². The summed E-state index contributed by atoms with van der Waals surface area (Å²) < 4.78 is 0. The number of carboxylic acid groups (broad SMARTS) is 1. The summed E-state index contributed by atoms with van der Waals surface area (Å²) in [4.78, 5) is 26.2. The van der Waals surface area contributed by atoms with E-state index in [0.717, 1.165) is 5.69 Å². The molecule has 2 aromatic carbocycles. The van der Waals surface area contributed by atoms with E-state index < -0.39 is 11.4 Å². The quantitative estimate of drug-likeness (QED) is 0.888. The lowest BCUT2D eigenvalue weighted by molar-refractivity contribution is -0.145. The lowest BCUT2D eigenvalue weighted by Gasteiger charge is -2.29. The molecule has 0 saturated carbocycles. The topological polar surface area (TPSA) is 57.6 Å². The van der Waals surface area contributed by atoms with Crippen LogP contribution in [0, 0.1) is 0 Å². The fraction of sp³-hybridized carbons (Fsp3) is 0.263. The first kappa shape index (κ1) is 16.7. The molecule has 0 saturated heterocycles. The Kier molecular flexibility index (Phi) is 5.16. The van der Waals surface area contributed by atoms with Gasteiger partial charge in [-0.2, -0.15) is 0 Å². The van der Waals surface area contributed by atoms with Crippen LogP contribution in [0.15, 0.2) is 60.7 Å². The first-order valence-electron chi connectivity index (χ1n) is 7.63. The Hall–Kier alpha value is -2.62. The predicted molar refractivity (Wildman–Crippen MR) is 90.5 cm³/mol. The van der Waals surface area contributed by atoms with Gasteiger partial charge < -0.3 is 10.0 Å². The molecule has 0 heterocycles. The Bertz CT molecular complexity index is 670. The molecule has 1 amide bonds. The standard InChI is InChI=1S/C19H21NO3/c1-3-20(16-12-8-5-9-13-16)17(21)14-19(2,18(22)23)15-10-6-4-7-11-15/h4-13H,3,14H2,1-2H3,(H,22,23). The van der Waals surface area contributed by atoms with Crippen LogP contribution in [-0.2, 0) is 15.0 Å². The van der Waals surface area contributed by atoms with Crippen molar-refractivity contribution < 1.29 is 14.7 Å². The number of hydrogen-bond acceptors (Lipinski definition) is 2. The minimum atomic E-state index is -1.25. The van der Waals surface area contributed by atoms with Crippen LogP contribution >= 0.6 is 0 Å². The maximum absolute atomic E-state index is 12.7. The van der Waals surface area contributed by atoms with Gasteiger partial charge in [0.05, 0.1) is 5.41 Å². The first-order chi connectivity index (χ1) is 11.0. The van der Waals surface area contributed by atoms with Crippen molar-refractivity contribution in [3.05, 3.63) is 66.2 Å². The number of nitrogens with zero attached hydrogens (tertiary/aromatic N) is 1. The summed E-state index contributed by atoms with van der Waals surface area (Å²) in [6, 6.07) is 18.2. The van der Waals surface area contributed by atoms with E-state index in [1.165, 1.54) is 0 Å². The monoisotopic (exact) mass is 311 g/mol. The Morgan fingerprint density at radius 1 is 1.00 bits per heavy atom. The van der Waals surface area contributed by atoms with Crippen LogP contribution < -0.4 is 4.90 Å². The molecule has 0 aliphatic carbocycles. The van der Waals surface area contributed by atoms with Gasteiger partial charge in [0.1, 0.15) is 0 Å². The molecule has 4 nitrogen and oxygen atoms in total. The fourth-order valence-corrected chi connectivity index (χ4v) is 2.62. The van der Waals surface area contributed by atoms with Crippen LogP contribution in [0.3, 0.4) is 0 Å². The van der Waals surface area contributed by atoms with E-state index >= 15 is 0 Å². The van der Waals surface area contributed by atoms with E-state index in [-0.39, 0.29) is 12.3 Å². The number of aliphatic carboxylic acids is 1. The largest absolute Gasteiger partial charge is 0.481 e. The van der Waals surface area contributed by atoms with Crippen molar-refractivity contribution in [2.75, 3.05) is 11.4 Å². The van der Waals surface area contributed by atoms with Crippen molar-refractivity contribution in [2.24, 2.45) is 0 Å². The second kappa shape index (κ2) is 7.09. The number of benzene rings is 2. The van der Waals surface area contributed by atoms with E-state index in [1.807, 2.05) is 43.3 Å². The third-order valence-corrected chi connectivity index (χ3v) is 4.07. The number of amides is 1. The van der Waals surface area contributed by atoms with E-state index in [1.54, 1.807) is 36.1 Å². The van der Waals surface area contributed by atoms with Crippen LogP contribution in [0.5, 0.6) is 0 Å². The minimum absolute atomic E-state index is 0.0882. The molecule has 0 radical (unpaired) electrons. The third-order valence-electron chi connectivity index (χ3n) is 4.07. The highest BCUT2D eigenvalue weighted by molar-refractivity contribution is 5.98. The van der Waals surface area contributed by atoms with Gasteiger partial charge in [-0.25, -0.2) is 0 Å². The summed E-state index contributed by atoms with van der Waals surface area (Å²) in [7, 11) is 0. The van der Waals surface area contributed by atoms with Gasteiger partial charge in [-0.1, -0.05) is 48.5 Å². The second-order valence-electron chi connectivity index (χ2n) is 5.65. The van der Waals surface area contributed by atoms with E-state index in [4.69, 9.17) is 0 Å². The maximum atomic E-state index is 12.7. The predicted octanol–water partition coefficient (Wildman–Crippen LogP) is 3.47. The summed E-state index contributed by atoms with van der Waals surface area (Å²) >= 11 is 0. The van der Waals surface area contributed by atoms with Crippen LogP contribution in [0.4, 0.5) is 5.69 Å². The van der Waals surface area contributed by atoms with E-state index in [0.29, 0.717) is 12.1 Å². The van der Waals surface area contributed by atoms with Crippen molar-refractivity contribution in [1.29, 1.82) is 0 Å². The van der Waals surface area contributed by atoms with Gasteiger partial charge in [0.2, 0.25) is 5.91 Å². The van der Waals surface area contributed by atoms with Gasteiger partial charge >= 0.3 is 5.97 Å². The van der Waals surface area contributed by atoms with Gasteiger partial charge in [-0.15, -0.1) is 0 Å². The van der Waals surface area contributed by atoms with Crippen molar-refractivity contribution in [2.45, 2.75) is 25.7 Å². The average Bonchev–Trinajstić information content (AvgIpc) is 2.57. The number of carbonyl (C=O) groups is 2. The molecular weight excluding hydrogens is 290 g/mol. The van der Waals surface area contributed by atoms with Crippen LogP contribution in [0.25, 0.3) is 0 Å². The van der Waals surface area contributed by atoms with Crippen molar-refractivity contribution >= 4 is 17.6 Å². The highest BCUT2D eigenvalue weighted by Gasteiger charge is 2.38. The Morgan fingerprint density at radius 3 is 2.00 bits per heavy atom. The van der Waals surface area contributed by atoms with Crippen molar-refractivity contribution in [3.8, 4) is 0 Å². The number of carboxylic acids is 1. The summed E-state index contributed by atoms with van der Waals surface area (Å²) in [6.45, 7) is 3.97. The SMILES string of the molecule is CCN(C(=O)CC(C)(C(=O)O)c1ccccc1)c1ccccc1. The van der Waals surface area contributed by atoms with E-state index in [2.05, 4.69) is 0 Å². The summed E-state index contributed by atoms with van der Waals surface area (Å²) in [6.07, 6.45) is -0.0882. The van der Waals surface area contributed by atoms with Gasteiger partial charge in [0, 0.05) is 18.7 Å². The zero-order valence-electron chi connectivity index (χ0n) is 13.4. The third kappa shape index (κ3) is 3.59. The molecule has 1 N–H and O–H groups in total. The smallest absolute Gasteiger partial charge is 0.314 e. The number of para-hydroxylation sites is 1. The Labute approximate surface area is 136 Å². The molecule has 0 spiro atoms. The Morgan fingerprint density at radius 2 is 1.52 bits per heavy atom. The van der Waals surface area contributed by atoms with Crippen LogP contribution in [0.1, 0.15) is 25.8 Å².